The number of halogens is 1. The number of pyridine rings is 1. The molecule has 98 valence electrons. The van der Waals surface area contributed by atoms with Crippen LogP contribution in [0.25, 0.3) is 0 Å². The first-order chi connectivity index (χ1) is 8.17. The maximum Gasteiger partial charge on any atom is 0.328 e. The average molecular weight is 274 g/mol. The lowest BCUT2D eigenvalue weighted by atomic mass is 10.0. The molecule has 0 atom stereocenters. The first-order valence-corrected chi connectivity index (χ1v) is 5.33. The predicted molar refractivity (Wildman–Crippen MR) is 66.0 cm³/mol. The van der Waals surface area contributed by atoms with E-state index in [1.165, 1.54) is 25.8 Å². The topological polar surface area (TPSA) is 96.6 Å². The van der Waals surface area contributed by atoms with E-state index >= 15 is 0 Å². The van der Waals surface area contributed by atoms with Crippen molar-refractivity contribution in [1.29, 1.82) is 0 Å². The monoisotopic (exact) mass is 273 g/mol. The number of nitrogens with zero attached hydrogens (tertiary/aromatic N) is 3. The molecule has 8 heteroatoms. The van der Waals surface area contributed by atoms with E-state index in [1.54, 1.807) is 0 Å². The fourth-order valence-electron chi connectivity index (χ4n) is 1.18. The van der Waals surface area contributed by atoms with Crippen molar-refractivity contribution in [2.24, 2.45) is 0 Å². The number of aromatic nitrogens is 1. The van der Waals surface area contributed by atoms with Crippen LogP contribution in [0.5, 0.6) is 0 Å². The van der Waals surface area contributed by atoms with Gasteiger partial charge in [-0.15, -0.1) is 0 Å². The Labute approximate surface area is 108 Å². The quantitative estimate of drug-likeness (QED) is 0.665. The van der Waals surface area contributed by atoms with Crippen LogP contribution in [0, 0.1) is 10.1 Å². The van der Waals surface area contributed by atoms with Crippen LogP contribution in [0.2, 0.25) is 5.02 Å². The number of carboxylic acid groups (broad SMARTS) is 1. The van der Waals surface area contributed by atoms with Crippen molar-refractivity contribution in [1.82, 2.24) is 4.98 Å². The highest BCUT2D eigenvalue weighted by molar-refractivity contribution is 6.33. The van der Waals surface area contributed by atoms with Crippen molar-refractivity contribution < 1.29 is 14.8 Å². The zero-order valence-corrected chi connectivity index (χ0v) is 10.8. The Kier molecular flexibility index (Phi) is 3.76. The number of likely N-dealkylation sites (N-methyl/N-ethyl adjacent to an activating group) is 1. The van der Waals surface area contributed by atoms with Gasteiger partial charge in [-0.05, 0) is 13.8 Å². The summed E-state index contributed by atoms with van der Waals surface area (Å²) in [5.74, 6) is -0.879. The van der Waals surface area contributed by atoms with Crippen molar-refractivity contribution in [2.75, 3.05) is 11.9 Å². The molecule has 0 aromatic carbocycles. The van der Waals surface area contributed by atoms with Gasteiger partial charge < -0.3 is 10.0 Å². The molecule has 7 nitrogen and oxygen atoms in total. The Bertz CT molecular complexity index is 504. The van der Waals surface area contributed by atoms with Gasteiger partial charge in [0.2, 0.25) is 0 Å². The molecule has 0 spiro atoms. The van der Waals surface area contributed by atoms with Crippen LogP contribution in [-0.4, -0.2) is 33.6 Å². The first kappa shape index (κ1) is 14.2. The molecule has 0 bridgehead atoms. The van der Waals surface area contributed by atoms with Crippen molar-refractivity contribution in [2.45, 2.75) is 19.4 Å². The maximum atomic E-state index is 11.1. The fourth-order valence-corrected chi connectivity index (χ4v) is 1.46. The fraction of sp³-hybridized carbons (Fsp3) is 0.400. The Morgan fingerprint density at radius 1 is 1.61 bits per heavy atom. The summed E-state index contributed by atoms with van der Waals surface area (Å²) in [6, 6.07) is 1.14. The van der Waals surface area contributed by atoms with E-state index in [-0.39, 0.29) is 16.5 Å². The normalized spacial score (nSPS) is 11.1. The van der Waals surface area contributed by atoms with Gasteiger partial charge in [0.1, 0.15) is 17.6 Å². The Hall–Kier alpha value is -1.89. The minimum atomic E-state index is -1.23. The van der Waals surface area contributed by atoms with Gasteiger partial charge in [0, 0.05) is 13.1 Å². The van der Waals surface area contributed by atoms with Gasteiger partial charge in [0.15, 0.2) is 0 Å². The van der Waals surface area contributed by atoms with Gasteiger partial charge in [-0.25, -0.2) is 9.78 Å². The standard InChI is InChI=1S/C10H12ClN3O4/c1-10(2,9(15)16)13(3)8-7(11)4-6(5-12-8)14(17)18/h4-5H,1-3H3,(H,15,16). The lowest BCUT2D eigenvalue weighted by molar-refractivity contribution is -0.385. The van der Waals surface area contributed by atoms with Gasteiger partial charge in [0.25, 0.3) is 5.69 Å². The summed E-state index contributed by atoms with van der Waals surface area (Å²) in [7, 11) is 1.51. The van der Waals surface area contributed by atoms with Crippen LogP contribution in [0.15, 0.2) is 12.3 Å². The molecule has 1 aromatic rings. The summed E-state index contributed by atoms with van der Waals surface area (Å²) < 4.78 is 0. The largest absolute Gasteiger partial charge is 0.480 e. The van der Waals surface area contributed by atoms with E-state index in [1.807, 2.05) is 0 Å². The number of nitro groups is 1. The lowest BCUT2D eigenvalue weighted by Gasteiger charge is -2.32. The van der Waals surface area contributed by atoms with Crippen molar-refractivity contribution >= 4 is 29.1 Å². The Balaban J connectivity index is 3.19. The van der Waals surface area contributed by atoms with E-state index < -0.39 is 16.4 Å². The number of hydrogen-bond donors (Lipinski definition) is 1. The molecule has 1 heterocycles. The molecule has 0 amide bonds. The van der Waals surface area contributed by atoms with Crippen LogP contribution >= 0.6 is 11.6 Å². The number of hydrogen-bond acceptors (Lipinski definition) is 5. The van der Waals surface area contributed by atoms with Crippen LogP contribution in [0.1, 0.15) is 13.8 Å². The first-order valence-electron chi connectivity index (χ1n) is 4.95. The predicted octanol–water partition coefficient (Wildman–Crippen LogP) is 1.94. The highest BCUT2D eigenvalue weighted by Gasteiger charge is 2.34. The molecular formula is C10H12ClN3O4. The Morgan fingerprint density at radius 2 is 2.17 bits per heavy atom. The highest BCUT2D eigenvalue weighted by Crippen LogP contribution is 2.30. The molecule has 0 aliphatic heterocycles. The van der Waals surface area contributed by atoms with Gasteiger partial charge >= 0.3 is 5.97 Å². The zero-order chi connectivity index (χ0) is 14.1. The third-order valence-corrected chi connectivity index (χ3v) is 2.98. The maximum absolute atomic E-state index is 11.1. The molecule has 0 saturated heterocycles. The molecule has 1 aromatic heterocycles. The van der Waals surface area contributed by atoms with Gasteiger partial charge in [-0.1, -0.05) is 11.6 Å². The molecule has 1 N–H and O–H groups in total. The smallest absolute Gasteiger partial charge is 0.328 e. The third-order valence-electron chi connectivity index (χ3n) is 2.70. The average Bonchev–Trinajstić information content (AvgIpc) is 2.27. The molecule has 0 fully saturated rings. The van der Waals surface area contributed by atoms with E-state index in [9.17, 15) is 14.9 Å². The molecule has 0 saturated carbocycles. The third kappa shape index (κ3) is 2.51. The zero-order valence-electron chi connectivity index (χ0n) is 10.0. The Morgan fingerprint density at radius 3 is 2.56 bits per heavy atom. The number of rotatable bonds is 4. The molecular weight excluding hydrogens is 262 g/mol. The summed E-state index contributed by atoms with van der Waals surface area (Å²) in [6.45, 7) is 2.96. The van der Waals surface area contributed by atoms with Crippen LogP contribution in [0.3, 0.4) is 0 Å². The second-order valence-electron chi connectivity index (χ2n) is 4.18. The van der Waals surface area contributed by atoms with E-state index in [0.717, 1.165) is 12.3 Å². The van der Waals surface area contributed by atoms with Gasteiger partial charge in [0.05, 0.1) is 9.95 Å². The molecule has 0 aliphatic carbocycles. The molecule has 0 radical (unpaired) electrons. The number of aliphatic carboxylic acids is 1. The number of carbonyl (C=O) groups is 1. The molecule has 0 aliphatic rings. The summed E-state index contributed by atoms with van der Waals surface area (Å²) in [5.41, 5.74) is -1.47. The van der Waals surface area contributed by atoms with Crippen molar-refractivity contribution in [3.05, 3.63) is 27.4 Å². The summed E-state index contributed by atoms with van der Waals surface area (Å²) in [4.78, 5) is 26.2. The van der Waals surface area contributed by atoms with Crippen molar-refractivity contribution in [3.63, 3.8) is 0 Å². The van der Waals surface area contributed by atoms with E-state index in [0.29, 0.717) is 0 Å². The van der Waals surface area contributed by atoms with Gasteiger partial charge in [-0.3, -0.25) is 10.1 Å². The second kappa shape index (κ2) is 4.77. The van der Waals surface area contributed by atoms with E-state index in [4.69, 9.17) is 16.7 Å². The lowest BCUT2D eigenvalue weighted by Crippen LogP contribution is -2.48. The summed E-state index contributed by atoms with van der Waals surface area (Å²) in [5, 5.41) is 19.7. The van der Waals surface area contributed by atoms with Crippen LogP contribution < -0.4 is 4.90 Å². The molecule has 0 unspecified atom stereocenters. The van der Waals surface area contributed by atoms with Crippen LogP contribution in [0.4, 0.5) is 11.5 Å². The minimum absolute atomic E-state index is 0.0287. The highest BCUT2D eigenvalue weighted by atomic mass is 35.5. The van der Waals surface area contributed by atoms with Gasteiger partial charge in [-0.2, -0.15) is 0 Å². The SMILES string of the molecule is CN(c1ncc([N+](=O)[O-])cc1Cl)C(C)(C)C(=O)O. The van der Waals surface area contributed by atoms with E-state index in [2.05, 4.69) is 4.98 Å². The minimum Gasteiger partial charge on any atom is -0.480 e. The van der Waals surface area contributed by atoms with Crippen molar-refractivity contribution in [3.8, 4) is 0 Å². The second-order valence-corrected chi connectivity index (χ2v) is 4.59. The summed E-state index contributed by atoms with van der Waals surface area (Å²) in [6.07, 6.45) is 1.04. The summed E-state index contributed by atoms with van der Waals surface area (Å²) >= 11 is 5.88. The van der Waals surface area contributed by atoms with Crippen LogP contribution in [-0.2, 0) is 4.79 Å². The molecule has 18 heavy (non-hydrogen) atoms. The number of anilines is 1. The molecule has 1 rings (SSSR count). The number of carboxylic acids is 1.